The SMILES string of the molecule is CC(OC(=O)CC1CC2CCC1C2)C(=O)NCc1ccccc1Cl. The first kappa shape index (κ1) is 17.3. The molecule has 1 aromatic rings. The number of esters is 1. The van der Waals surface area contributed by atoms with Crippen LogP contribution in [-0.4, -0.2) is 18.0 Å². The lowest BCUT2D eigenvalue weighted by molar-refractivity contribution is -0.156. The van der Waals surface area contributed by atoms with E-state index in [1.165, 1.54) is 19.3 Å². The van der Waals surface area contributed by atoms with Gasteiger partial charge in [-0.1, -0.05) is 36.2 Å². The summed E-state index contributed by atoms with van der Waals surface area (Å²) in [4.78, 5) is 24.2. The molecule has 130 valence electrons. The van der Waals surface area contributed by atoms with Gasteiger partial charge >= 0.3 is 5.97 Å². The number of halogens is 1. The predicted molar refractivity (Wildman–Crippen MR) is 92.4 cm³/mol. The molecule has 1 aromatic carbocycles. The maximum absolute atomic E-state index is 12.1. The number of hydrogen-bond donors (Lipinski definition) is 1. The van der Waals surface area contributed by atoms with Gasteiger partial charge in [-0.05, 0) is 55.6 Å². The number of carbonyl (C=O) groups excluding carboxylic acids is 2. The number of ether oxygens (including phenoxy) is 1. The smallest absolute Gasteiger partial charge is 0.306 e. The fourth-order valence-electron chi connectivity index (χ4n) is 4.11. The number of benzene rings is 1. The lowest BCUT2D eigenvalue weighted by Gasteiger charge is -2.21. The maximum Gasteiger partial charge on any atom is 0.306 e. The van der Waals surface area contributed by atoms with Crippen LogP contribution in [0.1, 0.15) is 44.6 Å². The number of fused-ring (bicyclic) bond motifs is 2. The molecule has 4 nitrogen and oxygen atoms in total. The van der Waals surface area contributed by atoms with Crippen molar-refractivity contribution in [3.8, 4) is 0 Å². The Hall–Kier alpha value is -1.55. The molecule has 2 fully saturated rings. The summed E-state index contributed by atoms with van der Waals surface area (Å²) < 4.78 is 5.32. The Morgan fingerprint density at radius 3 is 2.75 bits per heavy atom. The van der Waals surface area contributed by atoms with Crippen molar-refractivity contribution < 1.29 is 14.3 Å². The van der Waals surface area contributed by atoms with E-state index in [4.69, 9.17) is 16.3 Å². The molecule has 4 atom stereocenters. The van der Waals surface area contributed by atoms with Crippen LogP contribution >= 0.6 is 11.6 Å². The Bertz CT molecular complexity index is 618. The topological polar surface area (TPSA) is 55.4 Å². The first-order valence-corrected chi connectivity index (χ1v) is 9.11. The summed E-state index contributed by atoms with van der Waals surface area (Å²) in [6.07, 6.45) is 4.65. The minimum atomic E-state index is -0.779. The van der Waals surface area contributed by atoms with Gasteiger partial charge in [-0.3, -0.25) is 9.59 Å². The normalized spacial score (nSPS) is 26.2. The van der Waals surface area contributed by atoms with E-state index in [1.807, 2.05) is 18.2 Å². The number of rotatable bonds is 6. The third-order valence-corrected chi connectivity index (χ3v) is 5.77. The quantitative estimate of drug-likeness (QED) is 0.796. The molecule has 0 heterocycles. The molecule has 1 N–H and O–H groups in total. The summed E-state index contributed by atoms with van der Waals surface area (Å²) >= 11 is 6.06. The fraction of sp³-hybridized carbons (Fsp3) is 0.579. The van der Waals surface area contributed by atoms with E-state index in [1.54, 1.807) is 13.0 Å². The molecule has 2 aliphatic carbocycles. The molecular weight excluding hydrogens is 326 g/mol. The van der Waals surface area contributed by atoms with E-state index >= 15 is 0 Å². The highest BCUT2D eigenvalue weighted by atomic mass is 35.5. The summed E-state index contributed by atoms with van der Waals surface area (Å²) in [5.41, 5.74) is 0.841. The van der Waals surface area contributed by atoms with Crippen molar-refractivity contribution in [1.29, 1.82) is 0 Å². The second-order valence-electron chi connectivity index (χ2n) is 7.08. The molecule has 0 saturated heterocycles. The minimum Gasteiger partial charge on any atom is -0.453 e. The number of carbonyl (C=O) groups is 2. The van der Waals surface area contributed by atoms with E-state index in [2.05, 4.69) is 5.32 Å². The zero-order valence-electron chi connectivity index (χ0n) is 14.0. The summed E-state index contributed by atoms with van der Waals surface area (Å²) in [6, 6.07) is 7.34. The van der Waals surface area contributed by atoms with Crippen molar-refractivity contribution in [1.82, 2.24) is 5.32 Å². The molecule has 0 aromatic heterocycles. The average molecular weight is 350 g/mol. The Labute approximate surface area is 147 Å². The van der Waals surface area contributed by atoms with Gasteiger partial charge in [-0.15, -0.1) is 0 Å². The highest BCUT2D eigenvalue weighted by Gasteiger charge is 2.40. The summed E-state index contributed by atoms with van der Waals surface area (Å²) in [6.45, 7) is 1.94. The van der Waals surface area contributed by atoms with Gasteiger partial charge in [0.05, 0.1) is 0 Å². The molecule has 0 spiro atoms. The number of amides is 1. The van der Waals surface area contributed by atoms with E-state index < -0.39 is 6.10 Å². The molecule has 4 unspecified atom stereocenters. The van der Waals surface area contributed by atoms with Gasteiger partial charge in [-0.25, -0.2) is 0 Å². The second kappa shape index (κ2) is 7.56. The zero-order chi connectivity index (χ0) is 17.1. The standard InChI is InChI=1S/C19H24ClNO3/c1-12(19(23)21-11-15-4-2-3-5-17(15)20)24-18(22)10-16-9-13-6-7-14(16)8-13/h2-5,12-14,16H,6-11H2,1H3,(H,21,23). The van der Waals surface area contributed by atoms with Gasteiger partial charge in [0.15, 0.2) is 6.10 Å². The van der Waals surface area contributed by atoms with Gasteiger partial charge in [0.25, 0.3) is 5.91 Å². The van der Waals surface area contributed by atoms with Gasteiger partial charge < -0.3 is 10.1 Å². The molecule has 2 aliphatic rings. The van der Waals surface area contributed by atoms with Crippen LogP contribution in [-0.2, 0) is 20.9 Å². The van der Waals surface area contributed by atoms with Crippen LogP contribution in [0.15, 0.2) is 24.3 Å². The molecule has 2 saturated carbocycles. The number of nitrogens with one attached hydrogen (secondary N) is 1. The van der Waals surface area contributed by atoms with Crippen molar-refractivity contribution in [2.75, 3.05) is 0 Å². The van der Waals surface area contributed by atoms with Crippen LogP contribution in [0.3, 0.4) is 0 Å². The highest BCUT2D eigenvalue weighted by Crippen LogP contribution is 2.49. The molecule has 0 aliphatic heterocycles. The second-order valence-corrected chi connectivity index (χ2v) is 7.49. The minimum absolute atomic E-state index is 0.257. The van der Waals surface area contributed by atoms with Gasteiger partial charge in [0.1, 0.15) is 0 Å². The van der Waals surface area contributed by atoms with Gasteiger partial charge in [0, 0.05) is 18.0 Å². The maximum atomic E-state index is 12.1. The Morgan fingerprint density at radius 1 is 1.29 bits per heavy atom. The number of hydrogen-bond acceptors (Lipinski definition) is 3. The molecule has 5 heteroatoms. The Morgan fingerprint density at radius 2 is 2.08 bits per heavy atom. The fourth-order valence-corrected chi connectivity index (χ4v) is 4.31. The first-order chi connectivity index (χ1) is 11.5. The lowest BCUT2D eigenvalue weighted by atomic mass is 9.86. The van der Waals surface area contributed by atoms with Crippen LogP contribution < -0.4 is 5.32 Å². The summed E-state index contributed by atoms with van der Waals surface area (Å²) in [7, 11) is 0. The molecule has 3 rings (SSSR count). The molecule has 0 radical (unpaired) electrons. The van der Waals surface area contributed by atoms with Crippen LogP contribution in [0.4, 0.5) is 0 Å². The third-order valence-electron chi connectivity index (χ3n) is 5.40. The molecule has 24 heavy (non-hydrogen) atoms. The van der Waals surface area contributed by atoms with E-state index in [9.17, 15) is 9.59 Å². The summed E-state index contributed by atoms with van der Waals surface area (Å²) in [5.74, 6) is 1.40. The van der Waals surface area contributed by atoms with E-state index in [0.29, 0.717) is 29.8 Å². The predicted octanol–water partition coefficient (Wildman–Crippen LogP) is 3.71. The first-order valence-electron chi connectivity index (χ1n) is 8.73. The van der Waals surface area contributed by atoms with Crippen molar-refractivity contribution in [2.24, 2.45) is 17.8 Å². The molecule has 1 amide bonds. The van der Waals surface area contributed by atoms with Crippen molar-refractivity contribution in [3.63, 3.8) is 0 Å². The van der Waals surface area contributed by atoms with Crippen molar-refractivity contribution in [2.45, 2.75) is 51.7 Å². The van der Waals surface area contributed by atoms with Gasteiger partial charge in [0.2, 0.25) is 0 Å². The van der Waals surface area contributed by atoms with E-state index in [0.717, 1.165) is 17.9 Å². The van der Waals surface area contributed by atoms with E-state index in [-0.39, 0.29) is 11.9 Å². The highest BCUT2D eigenvalue weighted by molar-refractivity contribution is 6.31. The Balaban J connectivity index is 1.42. The van der Waals surface area contributed by atoms with Crippen LogP contribution in [0, 0.1) is 17.8 Å². The van der Waals surface area contributed by atoms with Crippen molar-refractivity contribution >= 4 is 23.5 Å². The third kappa shape index (κ3) is 4.10. The summed E-state index contributed by atoms with van der Waals surface area (Å²) in [5, 5.41) is 3.37. The van der Waals surface area contributed by atoms with Gasteiger partial charge in [-0.2, -0.15) is 0 Å². The largest absolute Gasteiger partial charge is 0.453 e. The molecular formula is C19H24ClNO3. The average Bonchev–Trinajstić information content (AvgIpc) is 3.16. The van der Waals surface area contributed by atoms with Crippen LogP contribution in [0.25, 0.3) is 0 Å². The van der Waals surface area contributed by atoms with Crippen molar-refractivity contribution in [3.05, 3.63) is 34.9 Å². The monoisotopic (exact) mass is 349 g/mol. The Kier molecular flexibility index (Phi) is 5.44. The zero-order valence-corrected chi connectivity index (χ0v) is 14.7. The molecule has 2 bridgehead atoms. The van der Waals surface area contributed by atoms with Crippen LogP contribution in [0.5, 0.6) is 0 Å². The lowest BCUT2D eigenvalue weighted by Crippen LogP contribution is -2.36. The van der Waals surface area contributed by atoms with Crippen LogP contribution in [0.2, 0.25) is 5.02 Å².